The molecule has 0 saturated carbocycles. The molecule has 1 rings (SSSR count). The third-order valence-corrected chi connectivity index (χ3v) is 2.98. The number of ether oxygens (including phenoxy) is 1. The second-order valence-electron chi connectivity index (χ2n) is 3.67. The molecule has 0 saturated heterocycles. The Morgan fingerprint density at radius 3 is 1.78 bits per heavy atom. The van der Waals surface area contributed by atoms with Crippen molar-refractivity contribution in [1.29, 1.82) is 0 Å². The van der Waals surface area contributed by atoms with Crippen LogP contribution in [-0.4, -0.2) is 12.4 Å². The van der Waals surface area contributed by atoms with Gasteiger partial charge in [0.2, 0.25) is 29.1 Å². The Labute approximate surface area is 106 Å². The largest absolute Gasteiger partial charge is 0.487 e. The van der Waals surface area contributed by atoms with Crippen molar-refractivity contribution >= 4 is 12.6 Å². The van der Waals surface area contributed by atoms with Gasteiger partial charge in [0.1, 0.15) is 0 Å². The molecule has 1 unspecified atom stereocenters. The molecule has 18 heavy (non-hydrogen) atoms. The van der Waals surface area contributed by atoms with E-state index in [-0.39, 0.29) is 12.5 Å². The molecule has 7 heteroatoms. The first-order valence-corrected chi connectivity index (χ1v) is 5.82. The Hall–Kier alpha value is -0.980. The van der Waals surface area contributed by atoms with E-state index in [2.05, 4.69) is 17.4 Å². The second kappa shape index (κ2) is 6.26. The highest BCUT2D eigenvalue weighted by molar-refractivity contribution is 7.80. The van der Waals surface area contributed by atoms with Crippen molar-refractivity contribution in [3.05, 3.63) is 29.1 Å². The summed E-state index contributed by atoms with van der Waals surface area (Å²) in [5.41, 5.74) is 0. The fourth-order valence-electron chi connectivity index (χ4n) is 1.21. The van der Waals surface area contributed by atoms with Crippen molar-refractivity contribution in [3.63, 3.8) is 0 Å². The molecule has 0 spiro atoms. The molecule has 0 aliphatic heterocycles. The molecular formula is C11H11F5OS. The first-order valence-electron chi connectivity index (χ1n) is 5.19. The SMILES string of the molecule is CCC(CS)COc1c(F)c(F)c(F)c(F)c1F. The lowest BCUT2D eigenvalue weighted by Crippen LogP contribution is -2.15. The molecular weight excluding hydrogens is 275 g/mol. The summed E-state index contributed by atoms with van der Waals surface area (Å²) < 4.78 is 69.5. The highest BCUT2D eigenvalue weighted by Crippen LogP contribution is 2.29. The topological polar surface area (TPSA) is 9.23 Å². The lowest BCUT2D eigenvalue weighted by Gasteiger charge is -2.15. The summed E-state index contributed by atoms with van der Waals surface area (Å²) in [6.07, 6.45) is 0.610. The monoisotopic (exact) mass is 286 g/mol. The van der Waals surface area contributed by atoms with Gasteiger partial charge in [0.15, 0.2) is 5.75 Å². The number of rotatable bonds is 5. The normalized spacial score (nSPS) is 12.6. The van der Waals surface area contributed by atoms with Crippen molar-refractivity contribution in [2.24, 2.45) is 5.92 Å². The summed E-state index contributed by atoms with van der Waals surface area (Å²) >= 11 is 3.98. The van der Waals surface area contributed by atoms with Crippen molar-refractivity contribution in [1.82, 2.24) is 0 Å². The zero-order valence-corrected chi connectivity index (χ0v) is 10.3. The molecule has 0 radical (unpaired) electrons. The summed E-state index contributed by atoms with van der Waals surface area (Å²) in [7, 11) is 0. The molecule has 0 amide bonds. The molecule has 1 atom stereocenters. The van der Waals surface area contributed by atoms with Gasteiger partial charge in [-0.25, -0.2) is 13.2 Å². The van der Waals surface area contributed by atoms with E-state index in [1.54, 1.807) is 6.92 Å². The molecule has 0 heterocycles. The van der Waals surface area contributed by atoms with Gasteiger partial charge in [0.05, 0.1) is 6.61 Å². The van der Waals surface area contributed by atoms with Crippen LogP contribution < -0.4 is 4.74 Å². The van der Waals surface area contributed by atoms with Crippen molar-refractivity contribution < 1.29 is 26.7 Å². The average Bonchev–Trinajstić information content (AvgIpc) is 2.38. The molecule has 0 aliphatic carbocycles. The summed E-state index contributed by atoms with van der Waals surface area (Å²) in [6, 6.07) is 0. The van der Waals surface area contributed by atoms with E-state index < -0.39 is 34.8 Å². The first-order chi connectivity index (χ1) is 8.43. The maximum atomic E-state index is 13.2. The van der Waals surface area contributed by atoms with Crippen molar-refractivity contribution in [3.8, 4) is 5.75 Å². The standard InChI is InChI=1S/C11H11F5OS/c1-2-5(4-18)3-17-11-9(15)7(13)6(12)8(14)10(11)16/h5,18H,2-4H2,1H3. The van der Waals surface area contributed by atoms with Crippen LogP contribution in [0.4, 0.5) is 22.0 Å². The van der Waals surface area contributed by atoms with Gasteiger partial charge < -0.3 is 4.74 Å². The van der Waals surface area contributed by atoms with Crippen LogP contribution in [0.1, 0.15) is 13.3 Å². The number of benzene rings is 1. The third kappa shape index (κ3) is 2.88. The first kappa shape index (κ1) is 15.1. The van der Waals surface area contributed by atoms with Gasteiger partial charge >= 0.3 is 0 Å². The molecule has 1 aromatic carbocycles. The summed E-state index contributed by atoms with van der Waals surface area (Å²) in [5.74, 6) is -11.1. The van der Waals surface area contributed by atoms with Gasteiger partial charge in [-0.15, -0.1) is 0 Å². The van der Waals surface area contributed by atoms with Gasteiger partial charge in [-0.05, 0) is 12.2 Å². The number of hydrogen-bond donors (Lipinski definition) is 1. The Morgan fingerprint density at radius 1 is 0.944 bits per heavy atom. The van der Waals surface area contributed by atoms with Crippen LogP contribution in [-0.2, 0) is 0 Å². The zero-order chi connectivity index (χ0) is 13.9. The molecule has 0 bridgehead atoms. The number of thiol groups is 1. The summed E-state index contributed by atoms with van der Waals surface area (Å²) in [4.78, 5) is 0. The van der Waals surface area contributed by atoms with Gasteiger partial charge in [0.25, 0.3) is 0 Å². The molecule has 1 nitrogen and oxygen atoms in total. The quantitative estimate of drug-likeness (QED) is 0.376. The van der Waals surface area contributed by atoms with Crippen molar-refractivity contribution in [2.75, 3.05) is 12.4 Å². The summed E-state index contributed by atoms with van der Waals surface area (Å²) in [6.45, 7) is 1.63. The van der Waals surface area contributed by atoms with Gasteiger partial charge in [-0.1, -0.05) is 6.92 Å². The van der Waals surface area contributed by atoms with E-state index in [1.165, 1.54) is 0 Å². The van der Waals surface area contributed by atoms with Gasteiger partial charge in [-0.3, -0.25) is 0 Å². The third-order valence-electron chi connectivity index (χ3n) is 2.47. The van der Waals surface area contributed by atoms with Crippen LogP contribution in [0.15, 0.2) is 0 Å². The molecule has 0 fully saturated rings. The van der Waals surface area contributed by atoms with Gasteiger partial charge in [0, 0.05) is 5.92 Å². The van der Waals surface area contributed by atoms with E-state index in [0.717, 1.165) is 0 Å². The maximum Gasteiger partial charge on any atom is 0.206 e. The van der Waals surface area contributed by atoms with Crippen LogP contribution in [0.2, 0.25) is 0 Å². The van der Waals surface area contributed by atoms with Gasteiger partial charge in [-0.2, -0.15) is 21.4 Å². The summed E-state index contributed by atoms with van der Waals surface area (Å²) in [5, 5.41) is 0. The molecule has 0 aromatic heterocycles. The minimum absolute atomic E-state index is 0.136. The fourth-order valence-corrected chi connectivity index (χ4v) is 1.58. The lowest BCUT2D eigenvalue weighted by atomic mass is 10.1. The second-order valence-corrected chi connectivity index (χ2v) is 4.03. The van der Waals surface area contributed by atoms with E-state index in [9.17, 15) is 22.0 Å². The number of halogens is 5. The maximum absolute atomic E-state index is 13.2. The van der Waals surface area contributed by atoms with E-state index in [0.29, 0.717) is 12.2 Å². The molecule has 1 aromatic rings. The fraction of sp³-hybridized carbons (Fsp3) is 0.455. The minimum Gasteiger partial charge on any atom is -0.487 e. The van der Waals surface area contributed by atoms with Crippen LogP contribution in [0.3, 0.4) is 0 Å². The van der Waals surface area contributed by atoms with Crippen LogP contribution in [0.5, 0.6) is 5.75 Å². The zero-order valence-electron chi connectivity index (χ0n) is 9.44. The molecule has 0 aliphatic rings. The Kier molecular flexibility index (Phi) is 5.25. The van der Waals surface area contributed by atoms with Crippen molar-refractivity contribution in [2.45, 2.75) is 13.3 Å². The van der Waals surface area contributed by atoms with Crippen LogP contribution >= 0.6 is 12.6 Å². The van der Waals surface area contributed by atoms with Crippen LogP contribution in [0.25, 0.3) is 0 Å². The Balaban J connectivity index is 3.03. The molecule has 102 valence electrons. The highest BCUT2D eigenvalue weighted by atomic mass is 32.1. The lowest BCUT2D eigenvalue weighted by molar-refractivity contribution is 0.225. The van der Waals surface area contributed by atoms with E-state index in [4.69, 9.17) is 0 Å². The molecule has 0 N–H and O–H groups in total. The average molecular weight is 286 g/mol. The van der Waals surface area contributed by atoms with E-state index in [1.807, 2.05) is 0 Å². The Bertz CT molecular complexity index is 405. The minimum atomic E-state index is -2.20. The Morgan fingerprint density at radius 2 is 1.39 bits per heavy atom. The van der Waals surface area contributed by atoms with E-state index >= 15 is 0 Å². The number of hydrogen-bond acceptors (Lipinski definition) is 2. The van der Waals surface area contributed by atoms with Crippen LogP contribution in [0, 0.1) is 35.0 Å². The predicted molar refractivity (Wildman–Crippen MR) is 59.4 cm³/mol. The smallest absolute Gasteiger partial charge is 0.206 e. The predicted octanol–water partition coefficient (Wildman–Crippen LogP) is 3.72. The highest BCUT2D eigenvalue weighted by Gasteiger charge is 2.27.